The third-order valence-electron chi connectivity index (χ3n) is 3.80. The van der Waals surface area contributed by atoms with Gasteiger partial charge in [-0.2, -0.15) is 0 Å². The lowest BCUT2D eigenvalue weighted by Crippen LogP contribution is -2.33. The van der Waals surface area contributed by atoms with Crippen LogP contribution >= 0.6 is 0 Å². The zero-order valence-electron chi connectivity index (χ0n) is 12.9. The molecular weight excluding hydrogens is 284 g/mol. The Morgan fingerprint density at radius 1 is 1.10 bits per heavy atom. The van der Waals surface area contributed by atoms with Crippen molar-refractivity contribution in [1.82, 2.24) is 10.0 Å². The molecule has 21 heavy (non-hydrogen) atoms. The van der Waals surface area contributed by atoms with Crippen LogP contribution in [-0.2, 0) is 22.3 Å². The molecule has 1 aromatic carbocycles. The van der Waals surface area contributed by atoms with E-state index in [0.717, 1.165) is 37.8 Å². The maximum atomic E-state index is 12.1. The summed E-state index contributed by atoms with van der Waals surface area (Å²) in [6.07, 6.45) is 4.20. The van der Waals surface area contributed by atoms with Crippen molar-refractivity contribution in [3.8, 4) is 0 Å². The molecule has 1 aliphatic carbocycles. The average molecular weight is 310 g/mol. The summed E-state index contributed by atoms with van der Waals surface area (Å²) in [6.45, 7) is 5.02. The molecule has 2 rings (SSSR count). The largest absolute Gasteiger partial charge is 0.310 e. The predicted molar refractivity (Wildman–Crippen MR) is 86.4 cm³/mol. The molecule has 1 aliphatic rings. The van der Waals surface area contributed by atoms with Gasteiger partial charge in [-0.3, -0.25) is 0 Å². The van der Waals surface area contributed by atoms with E-state index < -0.39 is 10.0 Å². The van der Waals surface area contributed by atoms with E-state index in [-0.39, 0.29) is 11.8 Å². The number of rotatable bonds is 7. The van der Waals surface area contributed by atoms with Crippen molar-refractivity contribution in [2.45, 2.75) is 63.9 Å². The summed E-state index contributed by atoms with van der Waals surface area (Å²) in [6, 6.07) is 8.40. The molecule has 2 N–H and O–H groups in total. The summed E-state index contributed by atoms with van der Waals surface area (Å²) in [7, 11) is -3.22. The molecule has 0 aliphatic heterocycles. The van der Waals surface area contributed by atoms with Gasteiger partial charge in [0.25, 0.3) is 0 Å². The summed E-state index contributed by atoms with van der Waals surface area (Å²) >= 11 is 0. The molecule has 0 unspecified atom stereocenters. The van der Waals surface area contributed by atoms with Crippen LogP contribution in [-0.4, -0.2) is 20.5 Å². The summed E-state index contributed by atoms with van der Waals surface area (Å²) in [5, 5.41) is 3.35. The van der Waals surface area contributed by atoms with Gasteiger partial charge in [0.05, 0.1) is 5.75 Å². The summed E-state index contributed by atoms with van der Waals surface area (Å²) in [5.74, 6) is 0.0708. The minimum Gasteiger partial charge on any atom is -0.310 e. The van der Waals surface area contributed by atoms with Gasteiger partial charge in [-0.05, 0) is 24.0 Å². The van der Waals surface area contributed by atoms with Gasteiger partial charge >= 0.3 is 0 Å². The first kappa shape index (κ1) is 16.5. The highest BCUT2D eigenvalue weighted by Gasteiger charge is 2.21. The van der Waals surface area contributed by atoms with Gasteiger partial charge in [-0.25, -0.2) is 13.1 Å². The van der Waals surface area contributed by atoms with Gasteiger partial charge in [-0.1, -0.05) is 51.0 Å². The molecular formula is C16H26N2O2S. The zero-order chi connectivity index (χ0) is 15.3. The average Bonchev–Trinajstić information content (AvgIpc) is 2.89. The van der Waals surface area contributed by atoms with E-state index in [4.69, 9.17) is 0 Å². The Balaban J connectivity index is 1.89. The van der Waals surface area contributed by atoms with Crippen molar-refractivity contribution in [3.05, 3.63) is 35.4 Å². The number of hydrogen-bond donors (Lipinski definition) is 2. The van der Waals surface area contributed by atoms with Crippen molar-refractivity contribution in [1.29, 1.82) is 0 Å². The standard InChI is InChI=1S/C16H26N2O2S/c1-13(2)17-11-14-7-9-15(10-8-14)12-21(19,20)18-16-5-3-4-6-16/h7-10,13,16-18H,3-6,11-12H2,1-2H3. The van der Waals surface area contributed by atoms with E-state index >= 15 is 0 Å². The molecule has 0 aromatic heterocycles. The van der Waals surface area contributed by atoms with Gasteiger partial charge in [0.15, 0.2) is 0 Å². The molecule has 0 spiro atoms. The highest BCUT2D eigenvalue weighted by atomic mass is 32.2. The highest BCUT2D eigenvalue weighted by molar-refractivity contribution is 7.88. The van der Waals surface area contributed by atoms with E-state index in [9.17, 15) is 8.42 Å². The van der Waals surface area contributed by atoms with Gasteiger partial charge in [0.2, 0.25) is 10.0 Å². The fraction of sp³-hybridized carbons (Fsp3) is 0.625. The Hall–Kier alpha value is -0.910. The zero-order valence-corrected chi connectivity index (χ0v) is 13.7. The first-order valence-corrected chi connectivity index (χ1v) is 9.41. The van der Waals surface area contributed by atoms with E-state index in [1.165, 1.54) is 5.56 Å². The van der Waals surface area contributed by atoms with Crippen LogP contribution in [0.15, 0.2) is 24.3 Å². The second-order valence-corrected chi connectivity index (χ2v) is 7.96. The molecule has 0 amide bonds. The van der Waals surface area contributed by atoms with Crippen LogP contribution in [0.1, 0.15) is 50.7 Å². The smallest absolute Gasteiger partial charge is 0.216 e. The maximum Gasteiger partial charge on any atom is 0.216 e. The third kappa shape index (κ3) is 5.77. The molecule has 0 radical (unpaired) electrons. The number of hydrogen-bond acceptors (Lipinski definition) is 3. The second kappa shape index (κ2) is 7.38. The van der Waals surface area contributed by atoms with Crippen LogP contribution in [0.5, 0.6) is 0 Å². The normalized spacial score (nSPS) is 16.7. The van der Waals surface area contributed by atoms with E-state index in [1.807, 2.05) is 24.3 Å². The number of nitrogens with one attached hydrogen (secondary N) is 2. The summed E-state index contributed by atoms with van der Waals surface area (Å²) < 4.78 is 27.1. The maximum absolute atomic E-state index is 12.1. The van der Waals surface area contributed by atoms with Crippen molar-refractivity contribution >= 4 is 10.0 Å². The lowest BCUT2D eigenvalue weighted by Gasteiger charge is -2.13. The molecule has 0 atom stereocenters. The minimum atomic E-state index is -3.22. The van der Waals surface area contributed by atoms with E-state index in [0.29, 0.717) is 6.04 Å². The summed E-state index contributed by atoms with van der Waals surface area (Å²) in [5.41, 5.74) is 2.02. The van der Waals surface area contributed by atoms with Crippen molar-refractivity contribution in [2.75, 3.05) is 0 Å². The van der Waals surface area contributed by atoms with Crippen LogP contribution in [0.4, 0.5) is 0 Å². The molecule has 1 aromatic rings. The Morgan fingerprint density at radius 3 is 2.24 bits per heavy atom. The highest BCUT2D eigenvalue weighted by Crippen LogP contribution is 2.19. The molecule has 0 saturated heterocycles. The van der Waals surface area contributed by atoms with Gasteiger partial charge in [-0.15, -0.1) is 0 Å². The van der Waals surface area contributed by atoms with Crippen LogP contribution in [0, 0.1) is 0 Å². The Labute approximate surface area is 128 Å². The minimum absolute atomic E-state index is 0.0708. The molecule has 0 bridgehead atoms. The monoisotopic (exact) mass is 310 g/mol. The van der Waals surface area contributed by atoms with E-state index in [2.05, 4.69) is 23.9 Å². The van der Waals surface area contributed by atoms with Crippen LogP contribution in [0.25, 0.3) is 0 Å². The number of benzene rings is 1. The first-order chi connectivity index (χ1) is 9.94. The predicted octanol–water partition coefficient (Wildman–Crippen LogP) is 2.55. The second-order valence-electron chi connectivity index (χ2n) is 6.21. The Bertz CT molecular complexity index is 532. The lowest BCUT2D eigenvalue weighted by atomic mass is 10.1. The molecule has 1 saturated carbocycles. The molecule has 118 valence electrons. The van der Waals surface area contributed by atoms with Crippen LogP contribution in [0.2, 0.25) is 0 Å². The van der Waals surface area contributed by atoms with Crippen LogP contribution in [0.3, 0.4) is 0 Å². The Morgan fingerprint density at radius 2 is 1.67 bits per heavy atom. The SMILES string of the molecule is CC(C)NCc1ccc(CS(=O)(=O)NC2CCCC2)cc1. The van der Waals surface area contributed by atoms with E-state index in [1.54, 1.807) is 0 Å². The quantitative estimate of drug-likeness (QED) is 0.814. The third-order valence-corrected chi connectivity index (χ3v) is 5.20. The lowest BCUT2D eigenvalue weighted by molar-refractivity contribution is 0.551. The first-order valence-electron chi connectivity index (χ1n) is 7.76. The number of sulfonamides is 1. The fourth-order valence-corrected chi connectivity index (χ4v) is 4.09. The topological polar surface area (TPSA) is 58.2 Å². The van der Waals surface area contributed by atoms with Gasteiger partial charge in [0, 0.05) is 18.6 Å². The molecule has 0 heterocycles. The van der Waals surface area contributed by atoms with Crippen molar-refractivity contribution < 1.29 is 8.42 Å². The van der Waals surface area contributed by atoms with Gasteiger partial charge in [0.1, 0.15) is 0 Å². The van der Waals surface area contributed by atoms with Crippen molar-refractivity contribution in [3.63, 3.8) is 0 Å². The molecule has 1 fully saturated rings. The fourth-order valence-electron chi connectivity index (χ4n) is 2.63. The van der Waals surface area contributed by atoms with Crippen LogP contribution < -0.4 is 10.0 Å². The van der Waals surface area contributed by atoms with Gasteiger partial charge < -0.3 is 5.32 Å². The Kier molecular flexibility index (Phi) is 5.79. The molecule has 5 heteroatoms. The molecule has 4 nitrogen and oxygen atoms in total. The summed E-state index contributed by atoms with van der Waals surface area (Å²) in [4.78, 5) is 0. The van der Waals surface area contributed by atoms with Crippen molar-refractivity contribution in [2.24, 2.45) is 0 Å².